The van der Waals surface area contributed by atoms with Gasteiger partial charge in [0.25, 0.3) is 5.91 Å². The number of carboxylic acids is 1. The molecule has 1 heterocycles. The van der Waals surface area contributed by atoms with Crippen molar-refractivity contribution in [3.05, 3.63) is 34.9 Å². The molecule has 0 aromatic heterocycles. The number of amides is 1. The van der Waals surface area contributed by atoms with Gasteiger partial charge in [0.1, 0.15) is 5.60 Å². The van der Waals surface area contributed by atoms with E-state index in [4.69, 9.17) is 4.74 Å². The Bertz CT molecular complexity index is 619. The van der Waals surface area contributed by atoms with Gasteiger partial charge in [0.2, 0.25) is 0 Å². The first kappa shape index (κ1) is 16.0. The Hall–Kier alpha value is -1.88. The van der Waals surface area contributed by atoms with E-state index in [1.54, 1.807) is 12.1 Å². The van der Waals surface area contributed by atoms with E-state index in [0.717, 1.165) is 49.7 Å². The molecule has 1 aliphatic carbocycles. The number of aromatic carboxylic acids is 1. The minimum atomic E-state index is -0.939. The zero-order valence-corrected chi connectivity index (χ0v) is 13.4. The molecule has 5 heteroatoms. The fourth-order valence-electron chi connectivity index (χ4n) is 3.51. The summed E-state index contributed by atoms with van der Waals surface area (Å²) < 4.78 is 5.71. The van der Waals surface area contributed by atoms with Gasteiger partial charge in [0, 0.05) is 6.61 Å². The highest BCUT2D eigenvalue weighted by molar-refractivity contribution is 5.88. The monoisotopic (exact) mass is 317 g/mol. The number of nitrogens with one attached hydrogen (secondary N) is 1. The van der Waals surface area contributed by atoms with Gasteiger partial charge in [-0.1, -0.05) is 6.07 Å². The number of carbonyl (C=O) groups excluding carboxylic acids is 1. The average molecular weight is 317 g/mol. The van der Waals surface area contributed by atoms with E-state index in [2.05, 4.69) is 5.32 Å². The molecule has 1 saturated heterocycles. The molecule has 23 heavy (non-hydrogen) atoms. The predicted molar refractivity (Wildman–Crippen MR) is 85.4 cm³/mol. The summed E-state index contributed by atoms with van der Waals surface area (Å²) in [5.74, 6) is -1.03. The molecule has 124 valence electrons. The van der Waals surface area contributed by atoms with Gasteiger partial charge in [0.05, 0.1) is 11.6 Å². The fourth-order valence-corrected chi connectivity index (χ4v) is 3.51. The summed E-state index contributed by atoms with van der Waals surface area (Å²) in [6.45, 7) is 2.47. The maximum atomic E-state index is 12.7. The first-order valence-electron chi connectivity index (χ1n) is 8.31. The summed E-state index contributed by atoms with van der Waals surface area (Å²) in [6, 6.07) is 5.08. The van der Waals surface area contributed by atoms with Crippen LogP contribution in [-0.2, 0) is 16.0 Å². The number of benzene rings is 1. The lowest BCUT2D eigenvalue weighted by atomic mass is 9.85. The lowest BCUT2D eigenvalue weighted by Gasteiger charge is -2.35. The molecule has 0 bridgehead atoms. The molecular weight excluding hydrogens is 294 g/mol. The van der Waals surface area contributed by atoms with Gasteiger partial charge in [-0.25, -0.2) is 4.79 Å². The van der Waals surface area contributed by atoms with Gasteiger partial charge in [-0.2, -0.15) is 0 Å². The number of fused-ring (bicyclic) bond motifs is 1. The Morgan fingerprint density at radius 1 is 1.30 bits per heavy atom. The molecule has 3 rings (SSSR count). The predicted octanol–water partition coefficient (Wildman–Crippen LogP) is 2.84. The molecule has 1 aliphatic heterocycles. The highest BCUT2D eigenvalue weighted by Gasteiger charge is 2.37. The fraction of sp³-hybridized carbons (Fsp3) is 0.556. The highest BCUT2D eigenvalue weighted by atomic mass is 16.5. The molecule has 2 atom stereocenters. The largest absolute Gasteiger partial charge is 0.478 e. The van der Waals surface area contributed by atoms with Crippen molar-refractivity contribution in [1.29, 1.82) is 0 Å². The molecule has 5 nitrogen and oxygen atoms in total. The lowest BCUT2D eigenvalue weighted by Crippen LogP contribution is -2.49. The van der Waals surface area contributed by atoms with Crippen molar-refractivity contribution in [2.75, 3.05) is 6.61 Å². The molecular formula is C18H23NO4. The first-order chi connectivity index (χ1) is 11.0. The van der Waals surface area contributed by atoms with Gasteiger partial charge in [0.15, 0.2) is 0 Å². The highest BCUT2D eigenvalue weighted by Crippen LogP contribution is 2.32. The third-order valence-corrected chi connectivity index (χ3v) is 4.96. The zero-order chi connectivity index (χ0) is 16.4. The van der Waals surface area contributed by atoms with Crippen LogP contribution in [0.5, 0.6) is 0 Å². The van der Waals surface area contributed by atoms with Crippen molar-refractivity contribution in [1.82, 2.24) is 5.32 Å². The van der Waals surface area contributed by atoms with Gasteiger partial charge < -0.3 is 15.2 Å². The molecule has 1 aromatic carbocycles. The smallest absolute Gasteiger partial charge is 0.335 e. The molecule has 0 radical (unpaired) electrons. The van der Waals surface area contributed by atoms with Crippen LogP contribution >= 0.6 is 0 Å². The van der Waals surface area contributed by atoms with Crippen LogP contribution in [0.1, 0.15) is 66.6 Å². The van der Waals surface area contributed by atoms with Crippen molar-refractivity contribution < 1.29 is 19.4 Å². The van der Waals surface area contributed by atoms with Crippen LogP contribution in [0.3, 0.4) is 0 Å². The second-order valence-corrected chi connectivity index (χ2v) is 6.67. The zero-order valence-electron chi connectivity index (χ0n) is 13.4. The molecule has 1 fully saturated rings. The van der Waals surface area contributed by atoms with Crippen molar-refractivity contribution in [3.8, 4) is 0 Å². The Kier molecular flexibility index (Phi) is 4.39. The Balaban J connectivity index is 1.81. The first-order valence-corrected chi connectivity index (χ1v) is 8.31. The van der Waals surface area contributed by atoms with Crippen molar-refractivity contribution in [2.45, 2.75) is 57.1 Å². The number of carbonyl (C=O) groups is 2. The van der Waals surface area contributed by atoms with E-state index >= 15 is 0 Å². The number of rotatable bonds is 3. The van der Waals surface area contributed by atoms with Crippen LogP contribution in [0.2, 0.25) is 0 Å². The van der Waals surface area contributed by atoms with E-state index in [9.17, 15) is 14.7 Å². The minimum Gasteiger partial charge on any atom is -0.478 e. The second-order valence-electron chi connectivity index (χ2n) is 6.67. The van der Waals surface area contributed by atoms with Crippen LogP contribution in [0, 0.1) is 0 Å². The summed E-state index contributed by atoms with van der Waals surface area (Å²) in [7, 11) is 0. The Labute approximate surface area is 136 Å². The SMILES string of the molecule is CC1(C(=O)NC2CCCc3ccc(C(=O)O)cc32)CCCCO1. The van der Waals surface area contributed by atoms with Gasteiger partial charge in [-0.3, -0.25) is 4.79 Å². The molecule has 0 spiro atoms. The normalized spacial score (nSPS) is 27.1. The second kappa shape index (κ2) is 6.32. The lowest BCUT2D eigenvalue weighted by molar-refractivity contribution is -0.151. The number of hydrogen-bond donors (Lipinski definition) is 2. The van der Waals surface area contributed by atoms with Gasteiger partial charge >= 0.3 is 5.97 Å². The third-order valence-electron chi connectivity index (χ3n) is 4.96. The molecule has 2 unspecified atom stereocenters. The van der Waals surface area contributed by atoms with E-state index in [1.165, 1.54) is 0 Å². The minimum absolute atomic E-state index is 0.0872. The quantitative estimate of drug-likeness (QED) is 0.899. The van der Waals surface area contributed by atoms with Crippen LogP contribution in [0.15, 0.2) is 18.2 Å². The maximum absolute atomic E-state index is 12.7. The van der Waals surface area contributed by atoms with Gasteiger partial charge in [-0.15, -0.1) is 0 Å². The molecule has 0 saturated carbocycles. The molecule has 2 N–H and O–H groups in total. The average Bonchev–Trinajstić information content (AvgIpc) is 2.55. The van der Waals surface area contributed by atoms with E-state index < -0.39 is 11.6 Å². The van der Waals surface area contributed by atoms with Crippen LogP contribution in [0.4, 0.5) is 0 Å². The number of aryl methyl sites for hydroxylation is 1. The standard InChI is InChI=1S/C18H23NO4/c1-18(9-2-3-10-23-18)17(22)19-15-6-4-5-12-7-8-13(16(20)21)11-14(12)15/h7-8,11,15H,2-6,9-10H2,1H3,(H,19,22)(H,20,21). The molecule has 1 amide bonds. The van der Waals surface area contributed by atoms with Crippen LogP contribution in [-0.4, -0.2) is 29.2 Å². The van der Waals surface area contributed by atoms with E-state index in [0.29, 0.717) is 6.61 Å². The van der Waals surface area contributed by atoms with Crippen LogP contribution < -0.4 is 5.32 Å². The van der Waals surface area contributed by atoms with Gasteiger partial charge in [-0.05, 0) is 68.7 Å². The summed E-state index contributed by atoms with van der Waals surface area (Å²) >= 11 is 0. The maximum Gasteiger partial charge on any atom is 0.335 e. The van der Waals surface area contributed by atoms with Crippen LogP contribution in [0.25, 0.3) is 0 Å². The Morgan fingerprint density at radius 2 is 2.13 bits per heavy atom. The third kappa shape index (κ3) is 3.24. The topological polar surface area (TPSA) is 75.6 Å². The van der Waals surface area contributed by atoms with Crippen molar-refractivity contribution >= 4 is 11.9 Å². The van der Waals surface area contributed by atoms with E-state index in [1.807, 2.05) is 13.0 Å². The summed E-state index contributed by atoms with van der Waals surface area (Å²) in [5.41, 5.74) is 1.57. The summed E-state index contributed by atoms with van der Waals surface area (Å²) in [6.07, 6.45) is 5.47. The Morgan fingerprint density at radius 3 is 2.83 bits per heavy atom. The summed E-state index contributed by atoms with van der Waals surface area (Å²) in [4.78, 5) is 23.9. The number of ether oxygens (including phenoxy) is 1. The molecule has 2 aliphatic rings. The number of hydrogen-bond acceptors (Lipinski definition) is 3. The molecule has 1 aromatic rings. The van der Waals surface area contributed by atoms with Crippen molar-refractivity contribution in [3.63, 3.8) is 0 Å². The van der Waals surface area contributed by atoms with E-state index in [-0.39, 0.29) is 17.5 Å². The summed E-state index contributed by atoms with van der Waals surface area (Å²) in [5, 5.41) is 12.3. The van der Waals surface area contributed by atoms with Crippen molar-refractivity contribution in [2.24, 2.45) is 0 Å². The number of carboxylic acid groups (broad SMARTS) is 1.